The third-order valence-corrected chi connectivity index (χ3v) is 4.82. The maximum absolute atomic E-state index is 13.2. The van der Waals surface area contributed by atoms with Crippen molar-refractivity contribution in [1.29, 1.82) is 0 Å². The number of halogens is 4. The minimum Gasteiger partial charge on any atom is -0.294 e. The van der Waals surface area contributed by atoms with Gasteiger partial charge in [0.15, 0.2) is 5.78 Å². The highest BCUT2D eigenvalue weighted by Crippen LogP contribution is 2.39. The molecule has 1 nitrogen and oxygen atoms in total. The van der Waals surface area contributed by atoms with Gasteiger partial charge in [0, 0.05) is 16.0 Å². The molecule has 21 heavy (non-hydrogen) atoms. The van der Waals surface area contributed by atoms with Crippen molar-refractivity contribution >= 4 is 21.7 Å². The number of hydrogen-bond acceptors (Lipinski definition) is 1. The summed E-state index contributed by atoms with van der Waals surface area (Å²) in [5.74, 6) is -0.414. The molecule has 1 saturated carbocycles. The molecule has 0 N–H and O–H groups in total. The standard InChI is InChI=1S/C16H18BrF3O/c1-2-10-5-3-4-6-12(10)15(21)13-8-7-11(17)9-14(13)16(18,19)20/h7-10,12H,2-6H2,1H3. The van der Waals surface area contributed by atoms with Gasteiger partial charge in [0.25, 0.3) is 0 Å². The Bertz CT molecular complexity index is 525. The van der Waals surface area contributed by atoms with Crippen LogP contribution in [0.2, 0.25) is 0 Å². The molecule has 0 amide bonds. The smallest absolute Gasteiger partial charge is 0.294 e. The van der Waals surface area contributed by atoms with Crippen LogP contribution in [0.5, 0.6) is 0 Å². The van der Waals surface area contributed by atoms with Gasteiger partial charge >= 0.3 is 6.18 Å². The Hall–Kier alpha value is -0.840. The van der Waals surface area contributed by atoms with E-state index in [4.69, 9.17) is 0 Å². The van der Waals surface area contributed by atoms with Crippen molar-refractivity contribution < 1.29 is 18.0 Å². The van der Waals surface area contributed by atoms with E-state index >= 15 is 0 Å². The molecule has 0 spiro atoms. The molecule has 0 aliphatic heterocycles. The molecule has 1 aromatic carbocycles. The van der Waals surface area contributed by atoms with Gasteiger partial charge in [-0.3, -0.25) is 4.79 Å². The van der Waals surface area contributed by atoms with E-state index in [0.717, 1.165) is 31.7 Å². The third kappa shape index (κ3) is 3.68. The van der Waals surface area contributed by atoms with E-state index in [1.54, 1.807) is 0 Å². The van der Waals surface area contributed by atoms with Gasteiger partial charge in [-0.15, -0.1) is 0 Å². The molecule has 0 radical (unpaired) electrons. The number of carbonyl (C=O) groups is 1. The molecule has 1 fully saturated rings. The fraction of sp³-hybridized carbons (Fsp3) is 0.562. The molecule has 1 aliphatic rings. The molecule has 5 heteroatoms. The average Bonchev–Trinajstić information content (AvgIpc) is 2.45. The van der Waals surface area contributed by atoms with E-state index in [9.17, 15) is 18.0 Å². The molecule has 2 atom stereocenters. The highest BCUT2D eigenvalue weighted by atomic mass is 79.9. The maximum Gasteiger partial charge on any atom is 0.417 e. The predicted octanol–water partition coefficient (Wildman–Crippen LogP) is 5.87. The van der Waals surface area contributed by atoms with E-state index < -0.39 is 11.7 Å². The zero-order valence-electron chi connectivity index (χ0n) is 11.8. The van der Waals surface area contributed by atoms with Crippen molar-refractivity contribution in [3.8, 4) is 0 Å². The van der Waals surface area contributed by atoms with Crippen LogP contribution in [0.25, 0.3) is 0 Å². The number of alkyl halides is 3. The fourth-order valence-corrected chi connectivity index (χ4v) is 3.57. The summed E-state index contributed by atoms with van der Waals surface area (Å²) < 4.78 is 39.8. The number of Topliss-reactive ketones (excluding diaryl/α,β-unsaturated/α-hetero) is 1. The largest absolute Gasteiger partial charge is 0.417 e. The zero-order chi connectivity index (χ0) is 15.6. The number of carbonyl (C=O) groups excluding carboxylic acids is 1. The van der Waals surface area contributed by atoms with E-state index in [-0.39, 0.29) is 23.2 Å². The van der Waals surface area contributed by atoms with Crippen LogP contribution in [-0.2, 0) is 6.18 Å². The summed E-state index contributed by atoms with van der Waals surface area (Å²) in [7, 11) is 0. The highest BCUT2D eigenvalue weighted by molar-refractivity contribution is 9.10. The van der Waals surface area contributed by atoms with Crippen molar-refractivity contribution in [2.75, 3.05) is 0 Å². The van der Waals surface area contributed by atoms with Crippen molar-refractivity contribution in [3.63, 3.8) is 0 Å². The molecule has 2 unspecified atom stereocenters. The molecule has 0 aromatic heterocycles. The Balaban J connectivity index is 2.39. The first-order valence-corrected chi connectivity index (χ1v) is 8.04. The van der Waals surface area contributed by atoms with Crippen LogP contribution in [0.1, 0.15) is 54.9 Å². The van der Waals surface area contributed by atoms with Gasteiger partial charge in [-0.2, -0.15) is 13.2 Å². The summed E-state index contributed by atoms with van der Waals surface area (Å²) in [4.78, 5) is 12.6. The third-order valence-electron chi connectivity index (χ3n) is 4.32. The highest BCUT2D eigenvalue weighted by Gasteiger charge is 2.38. The number of rotatable bonds is 3. The first kappa shape index (κ1) is 16.5. The molecule has 0 saturated heterocycles. The molecular formula is C16H18BrF3O. The summed E-state index contributed by atoms with van der Waals surface area (Å²) in [6.45, 7) is 2.00. The molecule has 0 heterocycles. The molecule has 1 aliphatic carbocycles. The Labute approximate surface area is 131 Å². The normalized spacial score (nSPS) is 23.1. The summed E-state index contributed by atoms with van der Waals surface area (Å²) >= 11 is 3.05. The number of hydrogen-bond donors (Lipinski definition) is 0. The Morgan fingerprint density at radius 2 is 1.95 bits per heavy atom. The van der Waals surface area contributed by atoms with Crippen LogP contribution in [0.4, 0.5) is 13.2 Å². The van der Waals surface area contributed by atoms with Gasteiger partial charge in [-0.25, -0.2) is 0 Å². The van der Waals surface area contributed by atoms with Gasteiger partial charge < -0.3 is 0 Å². The lowest BCUT2D eigenvalue weighted by atomic mass is 9.74. The second kappa shape index (κ2) is 6.51. The number of benzene rings is 1. The van der Waals surface area contributed by atoms with Gasteiger partial charge in [0.2, 0.25) is 0 Å². The maximum atomic E-state index is 13.2. The Morgan fingerprint density at radius 3 is 2.57 bits per heavy atom. The Morgan fingerprint density at radius 1 is 1.29 bits per heavy atom. The second-order valence-electron chi connectivity index (χ2n) is 5.61. The monoisotopic (exact) mass is 362 g/mol. The minimum atomic E-state index is -4.51. The SMILES string of the molecule is CCC1CCCCC1C(=O)c1ccc(Br)cc1C(F)(F)F. The van der Waals surface area contributed by atoms with E-state index in [1.807, 2.05) is 6.92 Å². The van der Waals surface area contributed by atoms with Crippen LogP contribution in [0.15, 0.2) is 22.7 Å². The molecular weight excluding hydrogens is 345 g/mol. The summed E-state index contributed by atoms with van der Waals surface area (Å²) in [5.41, 5.74) is -1.02. The van der Waals surface area contributed by atoms with Gasteiger partial charge in [-0.1, -0.05) is 42.1 Å². The second-order valence-corrected chi connectivity index (χ2v) is 6.53. The average molecular weight is 363 g/mol. The summed E-state index contributed by atoms with van der Waals surface area (Å²) in [6, 6.07) is 3.81. The van der Waals surface area contributed by atoms with Crippen LogP contribution >= 0.6 is 15.9 Å². The Kier molecular flexibility index (Phi) is 5.12. The molecule has 1 aromatic rings. The lowest BCUT2D eigenvalue weighted by Gasteiger charge is -2.30. The summed E-state index contributed by atoms with van der Waals surface area (Å²) in [5, 5.41) is 0. The molecule has 0 bridgehead atoms. The molecule has 2 rings (SSSR count). The van der Waals surface area contributed by atoms with Crippen LogP contribution in [0.3, 0.4) is 0 Å². The van der Waals surface area contributed by atoms with Gasteiger partial charge in [0.1, 0.15) is 0 Å². The van der Waals surface area contributed by atoms with Crippen molar-refractivity contribution in [1.82, 2.24) is 0 Å². The zero-order valence-corrected chi connectivity index (χ0v) is 13.4. The van der Waals surface area contributed by atoms with Crippen LogP contribution in [0, 0.1) is 11.8 Å². The van der Waals surface area contributed by atoms with E-state index in [1.165, 1.54) is 12.1 Å². The van der Waals surface area contributed by atoms with E-state index in [2.05, 4.69) is 15.9 Å². The quantitative estimate of drug-likeness (QED) is 0.614. The predicted molar refractivity (Wildman–Crippen MR) is 79.2 cm³/mol. The van der Waals surface area contributed by atoms with Gasteiger partial charge in [-0.05, 0) is 37.0 Å². The topological polar surface area (TPSA) is 17.1 Å². The fourth-order valence-electron chi connectivity index (χ4n) is 3.21. The number of ketones is 1. The van der Waals surface area contributed by atoms with Crippen LogP contribution in [-0.4, -0.2) is 5.78 Å². The van der Waals surface area contributed by atoms with E-state index in [0.29, 0.717) is 10.9 Å². The van der Waals surface area contributed by atoms with Crippen molar-refractivity contribution in [2.45, 2.75) is 45.2 Å². The van der Waals surface area contributed by atoms with Crippen molar-refractivity contribution in [2.24, 2.45) is 11.8 Å². The lowest BCUT2D eigenvalue weighted by molar-refractivity contribution is -0.138. The van der Waals surface area contributed by atoms with Crippen molar-refractivity contribution in [3.05, 3.63) is 33.8 Å². The van der Waals surface area contributed by atoms with Gasteiger partial charge in [0.05, 0.1) is 5.56 Å². The first-order chi connectivity index (χ1) is 9.84. The minimum absolute atomic E-state index is 0.184. The lowest BCUT2D eigenvalue weighted by Crippen LogP contribution is -2.28. The summed E-state index contributed by atoms with van der Waals surface area (Å²) in [6.07, 6.45) is -0.0472. The molecule has 116 valence electrons. The van der Waals surface area contributed by atoms with Crippen LogP contribution < -0.4 is 0 Å². The first-order valence-electron chi connectivity index (χ1n) is 7.25.